The van der Waals surface area contributed by atoms with Gasteiger partial charge in [0.15, 0.2) is 0 Å². The average Bonchev–Trinajstić information content (AvgIpc) is 2.54. The van der Waals surface area contributed by atoms with Crippen molar-refractivity contribution in [3.05, 3.63) is 65.2 Å². The van der Waals surface area contributed by atoms with Crippen LogP contribution in [0.15, 0.2) is 53.4 Å². The van der Waals surface area contributed by atoms with E-state index in [1.807, 2.05) is 55.0 Å². The fourth-order valence-corrected chi connectivity index (χ4v) is 2.90. The second-order valence-electron chi connectivity index (χ2n) is 5.86. The highest BCUT2D eigenvalue weighted by molar-refractivity contribution is 7.98. The van der Waals surface area contributed by atoms with Gasteiger partial charge in [-0.25, -0.2) is 0 Å². The quantitative estimate of drug-likeness (QED) is 0.789. The van der Waals surface area contributed by atoms with Crippen molar-refractivity contribution < 1.29 is 4.79 Å². The Morgan fingerprint density at radius 1 is 1.04 bits per heavy atom. The zero-order chi connectivity index (χ0) is 16.7. The monoisotopic (exact) mass is 328 g/mol. The van der Waals surface area contributed by atoms with Crippen molar-refractivity contribution in [3.8, 4) is 0 Å². The molecule has 0 aliphatic rings. The van der Waals surface area contributed by atoms with Crippen molar-refractivity contribution in [1.29, 1.82) is 0 Å². The summed E-state index contributed by atoms with van der Waals surface area (Å²) in [6.07, 6.45) is 0. The topological polar surface area (TPSA) is 32.3 Å². The predicted molar refractivity (Wildman–Crippen MR) is 98.1 cm³/mol. The lowest BCUT2D eigenvalue weighted by Gasteiger charge is -2.10. The molecule has 4 heteroatoms. The van der Waals surface area contributed by atoms with E-state index in [0.29, 0.717) is 12.1 Å². The minimum Gasteiger partial charge on any atom is -0.351 e. The van der Waals surface area contributed by atoms with Crippen molar-refractivity contribution >= 4 is 17.7 Å². The van der Waals surface area contributed by atoms with E-state index in [0.717, 1.165) is 12.3 Å². The Labute approximate surface area is 143 Å². The SMILES string of the molecule is Cc1ccc(SCc2ccc(C(=O)NCCN(C)C)cc2)cc1. The van der Waals surface area contributed by atoms with Crippen LogP contribution in [0.5, 0.6) is 0 Å². The number of nitrogens with zero attached hydrogens (tertiary/aromatic N) is 1. The summed E-state index contributed by atoms with van der Waals surface area (Å²) in [6, 6.07) is 16.4. The van der Waals surface area contributed by atoms with Gasteiger partial charge in [0.1, 0.15) is 0 Å². The number of aryl methyl sites for hydroxylation is 1. The van der Waals surface area contributed by atoms with E-state index in [1.54, 1.807) is 0 Å². The summed E-state index contributed by atoms with van der Waals surface area (Å²) in [6.45, 7) is 3.60. The highest BCUT2D eigenvalue weighted by atomic mass is 32.2. The van der Waals surface area contributed by atoms with Gasteiger partial charge in [0.25, 0.3) is 5.91 Å². The maximum atomic E-state index is 12.0. The first kappa shape index (κ1) is 17.6. The van der Waals surface area contributed by atoms with E-state index in [-0.39, 0.29) is 5.91 Å². The molecular weight excluding hydrogens is 304 g/mol. The molecule has 1 N–H and O–H groups in total. The normalized spacial score (nSPS) is 10.8. The Kier molecular flexibility index (Phi) is 6.68. The van der Waals surface area contributed by atoms with Crippen LogP contribution in [-0.4, -0.2) is 38.0 Å². The van der Waals surface area contributed by atoms with Gasteiger partial charge in [-0.3, -0.25) is 4.79 Å². The third kappa shape index (κ3) is 6.08. The number of nitrogens with one attached hydrogen (secondary N) is 1. The highest BCUT2D eigenvalue weighted by Gasteiger charge is 2.05. The van der Waals surface area contributed by atoms with Crippen molar-refractivity contribution in [2.45, 2.75) is 17.6 Å². The maximum absolute atomic E-state index is 12.0. The van der Waals surface area contributed by atoms with E-state index in [4.69, 9.17) is 0 Å². The summed E-state index contributed by atoms with van der Waals surface area (Å²) < 4.78 is 0. The molecule has 1 amide bonds. The number of hydrogen-bond acceptors (Lipinski definition) is 3. The fourth-order valence-electron chi connectivity index (χ4n) is 2.05. The molecule has 0 saturated carbocycles. The highest BCUT2D eigenvalue weighted by Crippen LogP contribution is 2.23. The summed E-state index contributed by atoms with van der Waals surface area (Å²) in [5.74, 6) is 0.899. The number of thioether (sulfide) groups is 1. The molecule has 0 spiro atoms. The zero-order valence-electron chi connectivity index (χ0n) is 14.0. The number of carbonyl (C=O) groups excluding carboxylic acids is 1. The Hall–Kier alpha value is -1.78. The molecule has 2 rings (SSSR count). The van der Waals surface area contributed by atoms with E-state index in [1.165, 1.54) is 16.0 Å². The Morgan fingerprint density at radius 2 is 1.70 bits per heavy atom. The molecule has 0 fully saturated rings. The van der Waals surface area contributed by atoms with Crippen molar-refractivity contribution in [2.75, 3.05) is 27.2 Å². The molecule has 23 heavy (non-hydrogen) atoms. The first-order valence-corrected chi connectivity index (χ1v) is 8.74. The van der Waals surface area contributed by atoms with Crippen LogP contribution in [0.25, 0.3) is 0 Å². The molecule has 0 aliphatic heterocycles. The number of hydrogen-bond donors (Lipinski definition) is 1. The van der Waals surface area contributed by atoms with Gasteiger partial charge >= 0.3 is 0 Å². The average molecular weight is 328 g/mol. The summed E-state index contributed by atoms with van der Waals surface area (Å²) >= 11 is 1.81. The molecule has 2 aromatic rings. The lowest BCUT2D eigenvalue weighted by Crippen LogP contribution is -2.31. The minimum atomic E-state index is -0.00964. The Bertz CT molecular complexity index is 621. The van der Waals surface area contributed by atoms with Crippen molar-refractivity contribution in [2.24, 2.45) is 0 Å². The lowest BCUT2D eigenvalue weighted by atomic mass is 10.1. The number of benzene rings is 2. The number of amides is 1. The standard InChI is InChI=1S/C19H24N2OS/c1-15-4-10-18(11-5-15)23-14-16-6-8-17(9-7-16)19(22)20-12-13-21(2)3/h4-11H,12-14H2,1-3H3,(H,20,22). The fraction of sp³-hybridized carbons (Fsp3) is 0.316. The minimum absolute atomic E-state index is 0.00964. The Morgan fingerprint density at radius 3 is 2.30 bits per heavy atom. The first-order chi connectivity index (χ1) is 11.0. The van der Waals surface area contributed by atoms with Gasteiger partial charge in [-0.2, -0.15) is 0 Å². The van der Waals surface area contributed by atoms with Crippen molar-refractivity contribution in [3.63, 3.8) is 0 Å². The molecular formula is C19H24N2OS. The summed E-state index contributed by atoms with van der Waals surface area (Å²) in [5, 5.41) is 2.93. The van der Waals surface area contributed by atoms with Crippen LogP contribution < -0.4 is 5.32 Å². The first-order valence-electron chi connectivity index (χ1n) is 7.76. The van der Waals surface area contributed by atoms with Crippen LogP contribution in [-0.2, 0) is 5.75 Å². The summed E-state index contributed by atoms with van der Waals surface area (Å²) in [5.41, 5.74) is 3.22. The number of carbonyl (C=O) groups is 1. The van der Waals surface area contributed by atoms with Gasteiger partial charge in [-0.05, 0) is 50.8 Å². The molecule has 0 heterocycles. The molecule has 3 nitrogen and oxygen atoms in total. The molecule has 2 aromatic carbocycles. The van der Waals surface area contributed by atoms with Crippen LogP contribution in [0, 0.1) is 6.92 Å². The third-order valence-electron chi connectivity index (χ3n) is 3.49. The molecule has 0 aromatic heterocycles. The molecule has 0 bridgehead atoms. The van der Waals surface area contributed by atoms with Gasteiger partial charge in [0.2, 0.25) is 0 Å². The summed E-state index contributed by atoms with van der Waals surface area (Å²) in [4.78, 5) is 15.3. The van der Waals surface area contributed by atoms with E-state index < -0.39 is 0 Å². The smallest absolute Gasteiger partial charge is 0.251 e. The second kappa shape index (κ2) is 8.75. The van der Waals surface area contributed by atoms with Crippen LogP contribution in [0.2, 0.25) is 0 Å². The summed E-state index contributed by atoms with van der Waals surface area (Å²) in [7, 11) is 3.99. The van der Waals surface area contributed by atoms with Crippen LogP contribution >= 0.6 is 11.8 Å². The molecule has 122 valence electrons. The van der Waals surface area contributed by atoms with Gasteiger partial charge in [0.05, 0.1) is 0 Å². The van der Waals surface area contributed by atoms with Gasteiger partial charge in [0, 0.05) is 29.3 Å². The van der Waals surface area contributed by atoms with Crippen molar-refractivity contribution in [1.82, 2.24) is 10.2 Å². The van der Waals surface area contributed by atoms with Gasteiger partial charge in [-0.1, -0.05) is 29.8 Å². The predicted octanol–water partition coefficient (Wildman–Crippen LogP) is 3.58. The third-order valence-corrected chi connectivity index (χ3v) is 4.57. The van der Waals surface area contributed by atoms with E-state index in [9.17, 15) is 4.79 Å². The lowest BCUT2D eigenvalue weighted by molar-refractivity contribution is 0.0951. The van der Waals surface area contributed by atoms with E-state index >= 15 is 0 Å². The number of rotatable bonds is 7. The Balaban J connectivity index is 1.84. The zero-order valence-corrected chi connectivity index (χ0v) is 14.8. The molecule has 0 radical (unpaired) electrons. The van der Waals surface area contributed by atoms with Crippen LogP contribution in [0.3, 0.4) is 0 Å². The second-order valence-corrected chi connectivity index (χ2v) is 6.91. The van der Waals surface area contributed by atoms with Gasteiger partial charge in [-0.15, -0.1) is 11.8 Å². The molecule has 0 unspecified atom stereocenters. The molecule has 0 atom stereocenters. The van der Waals surface area contributed by atoms with Crippen LogP contribution in [0.4, 0.5) is 0 Å². The maximum Gasteiger partial charge on any atom is 0.251 e. The number of likely N-dealkylation sites (N-methyl/N-ethyl adjacent to an activating group) is 1. The van der Waals surface area contributed by atoms with Crippen LogP contribution in [0.1, 0.15) is 21.5 Å². The molecule has 0 saturated heterocycles. The molecule has 0 aliphatic carbocycles. The largest absolute Gasteiger partial charge is 0.351 e. The van der Waals surface area contributed by atoms with Gasteiger partial charge < -0.3 is 10.2 Å². The van der Waals surface area contributed by atoms with E-state index in [2.05, 4.69) is 36.5 Å².